The van der Waals surface area contributed by atoms with Gasteiger partial charge in [0.15, 0.2) is 11.5 Å². The van der Waals surface area contributed by atoms with Gasteiger partial charge in [0.2, 0.25) is 0 Å². The Bertz CT molecular complexity index is 896. The molecule has 2 aliphatic rings. The molecule has 28 heavy (non-hydrogen) atoms. The molecule has 7 nitrogen and oxygen atoms in total. The molecular formula is C21H27N5O2. The number of hydrogen-bond acceptors (Lipinski definition) is 4. The molecule has 2 aliphatic heterocycles. The smallest absolute Gasteiger partial charge is 0.289 e. The summed E-state index contributed by atoms with van der Waals surface area (Å²) in [5, 5.41) is 2.94. The Hall–Kier alpha value is -2.67. The summed E-state index contributed by atoms with van der Waals surface area (Å²) in [6, 6.07) is 7.69. The minimum atomic E-state index is -0.242. The Balaban J connectivity index is 1.61. The van der Waals surface area contributed by atoms with Crippen LogP contribution >= 0.6 is 0 Å². The van der Waals surface area contributed by atoms with Crippen LogP contribution in [-0.2, 0) is 13.0 Å². The molecule has 148 valence electrons. The minimum Gasteiger partial charge on any atom is -0.333 e. The SMILES string of the molecule is Cc1cccc(NC(=O)c2nc(C(=O)N3CCN(C)CC3)n3c2CCCC3)c1. The molecule has 7 heteroatoms. The summed E-state index contributed by atoms with van der Waals surface area (Å²) in [5.74, 6) is 0.105. The zero-order chi connectivity index (χ0) is 19.7. The minimum absolute atomic E-state index is 0.0640. The number of piperazine rings is 1. The van der Waals surface area contributed by atoms with E-state index in [0.717, 1.165) is 55.8 Å². The highest BCUT2D eigenvalue weighted by Gasteiger charge is 2.30. The number of aryl methyl sites for hydroxylation is 1. The van der Waals surface area contributed by atoms with Crippen molar-refractivity contribution in [2.45, 2.75) is 32.7 Å². The Morgan fingerprint density at radius 3 is 2.61 bits per heavy atom. The average Bonchev–Trinajstić information content (AvgIpc) is 3.08. The predicted molar refractivity (Wildman–Crippen MR) is 108 cm³/mol. The Labute approximate surface area is 165 Å². The molecule has 1 aromatic carbocycles. The van der Waals surface area contributed by atoms with E-state index >= 15 is 0 Å². The number of hydrogen-bond donors (Lipinski definition) is 1. The molecule has 3 heterocycles. The van der Waals surface area contributed by atoms with E-state index in [1.54, 1.807) is 0 Å². The third kappa shape index (κ3) is 3.67. The van der Waals surface area contributed by atoms with Crippen molar-refractivity contribution in [2.24, 2.45) is 0 Å². The number of carbonyl (C=O) groups excluding carboxylic acids is 2. The summed E-state index contributed by atoms with van der Waals surface area (Å²) in [5.41, 5.74) is 3.10. The van der Waals surface area contributed by atoms with Crippen molar-refractivity contribution in [3.63, 3.8) is 0 Å². The molecule has 2 amide bonds. The van der Waals surface area contributed by atoms with Crippen molar-refractivity contribution < 1.29 is 9.59 Å². The number of rotatable bonds is 3. The van der Waals surface area contributed by atoms with Gasteiger partial charge in [-0.15, -0.1) is 0 Å². The second-order valence-electron chi connectivity index (χ2n) is 7.76. The summed E-state index contributed by atoms with van der Waals surface area (Å²) in [7, 11) is 2.06. The van der Waals surface area contributed by atoms with Crippen molar-refractivity contribution in [2.75, 3.05) is 38.5 Å². The molecule has 2 aromatic rings. The molecule has 0 atom stereocenters. The van der Waals surface area contributed by atoms with Crippen molar-refractivity contribution in [3.05, 3.63) is 47.0 Å². The number of carbonyl (C=O) groups is 2. The summed E-state index contributed by atoms with van der Waals surface area (Å²) in [6.45, 7) is 5.85. The second kappa shape index (κ2) is 7.75. The first kappa shape index (κ1) is 18.7. The molecule has 0 unspecified atom stereocenters. The molecular weight excluding hydrogens is 354 g/mol. The Morgan fingerprint density at radius 1 is 1.07 bits per heavy atom. The first-order chi connectivity index (χ1) is 13.5. The molecule has 0 bridgehead atoms. The summed E-state index contributed by atoms with van der Waals surface area (Å²) in [4.78, 5) is 34.7. The lowest BCUT2D eigenvalue weighted by Crippen LogP contribution is -2.47. The topological polar surface area (TPSA) is 70.5 Å². The maximum Gasteiger partial charge on any atom is 0.289 e. The molecule has 4 rings (SSSR count). The summed E-state index contributed by atoms with van der Waals surface area (Å²) in [6.07, 6.45) is 2.80. The largest absolute Gasteiger partial charge is 0.333 e. The third-order valence-electron chi connectivity index (χ3n) is 5.59. The first-order valence-corrected chi connectivity index (χ1v) is 9.98. The van der Waals surface area contributed by atoms with E-state index in [2.05, 4.69) is 22.2 Å². The van der Waals surface area contributed by atoms with Gasteiger partial charge in [0, 0.05) is 38.4 Å². The molecule has 0 spiro atoms. The van der Waals surface area contributed by atoms with Crippen molar-refractivity contribution >= 4 is 17.5 Å². The monoisotopic (exact) mass is 381 g/mol. The standard InChI is InChI=1S/C21H27N5O2/c1-15-6-5-7-16(14-15)22-20(27)18-17-8-3-4-9-26(17)19(23-18)21(28)25-12-10-24(2)11-13-25/h5-7,14H,3-4,8-13H2,1-2H3,(H,22,27). The van der Waals surface area contributed by atoms with Gasteiger partial charge in [-0.2, -0.15) is 0 Å². The molecule has 1 N–H and O–H groups in total. The van der Waals surface area contributed by atoms with Gasteiger partial charge < -0.3 is 19.7 Å². The van der Waals surface area contributed by atoms with Crippen molar-refractivity contribution in [3.8, 4) is 0 Å². The third-order valence-corrected chi connectivity index (χ3v) is 5.59. The normalized spacial score (nSPS) is 17.3. The lowest BCUT2D eigenvalue weighted by molar-refractivity contribution is 0.0645. The van der Waals surface area contributed by atoms with Gasteiger partial charge in [0.05, 0.1) is 5.69 Å². The van der Waals surface area contributed by atoms with E-state index in [4.69, 9.17) is 0 Å². The maximum absolute atomic E-state index is 13.1. The predicted octanol–water partition coefficient (Wildman–Crippen LogP) is 2.17. The number of likely N-dealkylation sites (N-methyl/N-ethyl adjacent to an activating group) is 1. The number of nitrogens with one attached hydrogen (secondary N) is 1. The lowest BCUT2D eigenvalue weighted by atomic mass is 10.1. The Morgan fingerprint density at radius 2 is 1.86 bits per heavy atom. The molecule has 1 aromatic heterocycles. The van der Waals surface area contributed by atoms with Crippen LogP contribution in [0.25, 0.3) is 0 Å². The number of fused-ring (bicyclic) bond motifs is 1. The van der Waals surface area contributed by atoms with Gasteiger partial charge in [0.1, 0.15) is 0 Å². The average molecular weight is 381 g/mol. The van der Waals surface area contributed by atoms with Crippen LogP contribution in [0.3, 0.4) is 0 Å². The van der Waals surface area contributed by atoms with E-state index in [1.165, 1.54) is 0 Å². The van der Waals surface area contributed by atoms with Crippen LogP contribution < -0.4 is 5.32 Å². The van der Waals surface area contributed by atoms with Crippen LogP contribution in [0.1, 0.15) is 45.2 Å². The zero-order valence-electron chi connectivity index (χ0n) is 16.6. The quantitative estimate of drug-likeness (QED) is 0.885. The molecule has 0 radical (unpaired) electrons. The van der Waals surface area contributed by atoms with Gasteiger partial charge in [0.25, 0.3) is 11.8 Å². The fraction of sp³-hybridized carbons (Fsp3) is 0.476. The molecule has 1 saturated heterocycles. The highest BCUT2D eigenvalue weighted by atomic mass is 16.2. The molecule has 0 aliphatic carbocycles. The van der Waals surface area contributed by atoms with E-state index in [1.807, 2.05) is 40.7 Å². The first-order valence-electron chi connectivity index (χ1n) is 9.98. The van der Waals surface area contributed by atoms with E-state index in [-0.39, 0.29) is 11.8 Å². The van der Waals surface area contributed by atoms with Gasteiger partial charge in [-0.05, 0) is 50.9 Å². The number of nitrogens with zero attached hydrogens (tertiary/aromatic N) is 4. The number of benzene rings is 1. The van der Waals surface area contributed by atoms with Crippen LogP contribution in [0.15, 0.2) is 24.3 Å². The fourth-order valence-electron chi connectivity index (χ4n) is 3.95. The highest BCUT2D eigenvalue weighted by molar-refractivity contribution is 6.05. The maximum atomic E-state index is 13.1. The Kier molecular flexibility index (Phi) is 5.17. The summed E-state index contributed by atoms with van der Waals surface area (Å²) < 4.78 is 1.97. The van der Waals surface area contributed by atoms with Gasteiger partial charge >= 0.3 is 0 Å². The molecule has 1 fully saturated rings. The lowest BCUT2D eigenvalue weighted by Gasteiger charge is -2.32. The van der Waals surface area contributed by atoms with E-state index < -0.39 is 0 Å². The van der Waals surface area contributed by atoms with Crippen LogP contribution in [0.4, 0.5) is 5.69 Å². The number of imidazole rings is 1. The number of aromatic nitrogens is 2. The van der Waals surface area contributed by atoms with Crippen LogP contribution in [-0.4, -0.2) is 64.4 Å². The molecule has 0 saturated carbocycles. The van der Waals surface area contributed by atoms with Gasteiger partial charge in [-0.3, -0.25) is 9.59 Å². The second-order valence-corrected chi connectivity index (χ2v) is 7.76. The van der Waals surface area contributed by atoms with E-state index in [9.17, 15) is 9.59 Å². The van der Waals surface area contributed by atoms with Crippen molar-refractivity contribution in [1.82, 2.24) is 19.4 Å². The van der Waals surface area contributed by atoms with Crippen LogP contribution in [0.2, 0.25) is 0 Å². The van der Waals surface area contributed by atoms with Gasteiger partial charge in [-0.25, -0.2) is 4.98 Å². The summed E-state index contributed by atoms with van der Waals surface area (Å²) >= 11 is 0. The van der Waals surface area contributed by atoms with Gasteiger partial charge in [-0.1, -0.05) is 12.1 Å². The zero-order valence-corrected chi connectivity index (χ0v) is 16.6. The number of amides is 2. The van der Waals surface area contributed by atoms with Crippen LogP contribution in [0, 0.1) is 6.92 Å². The van der Waals surface area contributed by atoms with Crippen LogP contribution in [0.5, 0.6) is 0 Å². The highest BCUT2D eigenvalue weighted by Crippen LogP contribution is 2.23. The fourth-order valence-corrected chi connectivity index (χ4v) is 3.95. The van der Waals surface area contributed by atoms with Crippen molar-refractivity contribution in [1.29, 1.82) is 0 Å². The van der Waals surface area contributed by atoms with E-state index in [0.29, 0.717) is 24.6 Å². The number of anilines is 1.